The molecule has 1 atom stereocenters. The molecular formula is C22H22F3NO3S. The standard InChI is InChI=1S/C22H22F3NO3S/c1-13-3-7-16(8-4-13)19-18(20(30-26-19)22(23,24)25)12-29-17-9-5-15(6-10-17)11-14(2)21(27)28/h3,5-7,9-10,14H,4,8,11-12H2,1-2H3,(H,27,28). The molecule has 0 aliphatic heterocycles. The maximum atomic E-state index is 13.5. The normalized spacial score (nSPS) is 15.4. The van der Waals surface area contributed by atoms with Crippen LogP contribution in [0.1, 0.15) is 48.4 Å². The predicted molar refractivity (Wildman–Crippen MR) is 109 cm³/mol. The molecule has 0 spiro atoms. The van der Waals surface area contributed by atoms with Gasteiger partial charge in [-0.25, -0.2) is 0 Å². The minimum Gasteiger partial charge on any atom is -0.489 e. The number of carboxylic acid groups (broad SMARTS) is 1. The fourth-order valence-corrected chi connectivity index (χ4v) is 3.95. The number of aliphatic carboxylic acids is 1. The van der Waals surface area contributed by atoms with E-state index in [1.54, 1.807) is 31.2 Å². The molecular weight excluding hydrogens is 415 g/mol. The van der Waals surface area contributed by atoms with Crippen molar-refractivity contribution in [2.45, 2.75) is 45.9 Å². The second kappa shape index (κ2) is 9.04. The SMILES string of the molecule is CC1=CC=C(c2nsc(C(F)(F)F)c2COc2ccc(CC(C)C(=O)O)cc2)CC1. The van der Waals surface area contributed by atoms with E-state index in [2.05, 4.69) is 4.37 Å². The van der Waals surface area contributed by atoms with Crippen molar-refractivity contribution in [3.63, 3.8) is 0 Å². The Morgan fingerprint density at radius 3 is 2.50 bits per heavy atom. The largest absolute Gasteiger partial charge is 0.489 e. The van der Waals surface area contributed by atoms with Gasteiger partial charge in [-0.3, -0.25) is 4.79 Å². The maximum Gasteiger partial charge on any atom is 0.427 e. The number of hydrogen-bond acceptors (Lipinski definition) is 4. The second-order valence-electron chi connectivity index (χ2n) is 7.42. The number of alkyl halides is 3. The van der Waals surface area contributed by atoms with Crippen molar-refractivity contribution in [3.05, 3.63) is 63.7 Å². The van der Waals surface area contributed by atoms with Crippen LogP contribution >= 0.6 is 11.5 Å². The summed E-state index contributed by atoms with van der Waals surface area (Å²) in [6, 6.07) is 6.73. The summed E-state index contributed by atoms with van der Waals surface area (Å²) in [5, 5.41) is 9.00. The van der Waals surface area contributed by atoms with Crippen LogP contribution in [0.15, 0.2) is 42.0 Å². The summed E-state index contributed by atoms with van der Waals surface area (Å²) in [6.45, 7) is 3.36. The molecule has 2 aromatic rings. The molecule has 1 aliphatic rings. The summed E-state index contributed by atoms with van der Waals surface area (Å²) in [4.78, 5) is 10.2. The van der Waals surface area contributed by atoms with Crippen LogP contribution in [0.25, 0.3) is 5.57 Å². The van der Waals surface area contributed by atoms with Crippen LogP contribution in [0.2, 0.25) is 0 Å². The summed E-state index contributed by atoms with van der Waals surface area (Å²) in [6.07, 6.45) is 1.05. The molecule has 1 heterocycles. The minimum atomic E-state index is -4.49. The number of carboxylic acids is 1. The monoisotopic (exact) mass is 437 g/mol. The highest BCUT2D eigenvalue weighted by atomic mass is 32.1. The highest BCUT2D eigenvalue weighted by molar-refractivity contribution is 7.06. The van der Waals surface area contributed by atoms with Crippen molar-refractivity contribution in [3.8, 4) is 5.75 Å². The number of halogens is 3. The molecule has 3 rings (SSSR count). The molecule has 1 unspecified atom stereocenters. The third kappa shape index (κ3) is 5.30. The average Bonchev–Trinajstić information content (AvgIpc) is 3.12. The van der Waals surface area contributed by atoms with E-state index in [9.17, 15) is 18.0 Å². The van der Waals surface area contributed by atoms with Crippen LogP contribution in [-0.4, -0.2) is 15.4 Å². The lowest BCUT2D eigenvalue weighted by Crippen LogP contribution is -2.12. The summed E-state index contributed by atoms with van der Waals surface area (Å²) in [5.41, 5.74) is 3.18. The third-order valence-corrected chi connectivity index (χ3v) is 5.91. The van der Waals surface area contributed by atoms with Crippen LogP contribution < -0.4 is 4.74 Å². The van der Waals surface area contributed by atoms with E-state index in [0.29, 0.717) is 35.8 Å². The summed E-state index contributed by atoms with van der Waals surface area (Å²) < 4.78 is 50.2. The Morgan fingerprint density at radius 2 is 1.93 bits per heavy atom. The molecule has 8 heteroatoms. The molecule has 30 heavy (non-hydrogen) atoms. The van der Waals surface area contributed by atoms with Gasteiger partial charge in [0.25, 0.3) is 0 Å². The number of allylic oxidation sites excluding steroid dienone is 4. The summed E-state index contributed by atoms with van der Waals surface area (Å²) >= 11 is 0.453. The predicted octanol–water partition coefficient (Wildman–Crippen LogP) is 6.13. The van der Waals surface area contributed by atoms with Crippen LogP contribution in [0.3, 0.4) is 0 Å². The molecule has 1 aromatic carbocycles. The van der Waals surface area contributed by atoms with Gasteiger partial charge in [0.05, 0.1) is 11.6 Å². The minimum absolute atomic E-state index is 0.0512. The number of benzene rings is 1. The highest BCUT2D eigenvalue weighted by Crippen LogP contribution is 2.40. The molecule has 1 aromatic heterocycles. The van der Waals surface area contributed by atoms with Crippen molar-refractivity contribution in [2.75, 3.05) is 0 Å². The lowest BCUT2D eigenvalue weighted by molar-refractivity contribution is -0.141. The Morgan fingerprint density at radius 1 is 1.23 bits per heavy atom. The molecule has 1 aliphatic carbocycles. The maximum absolute atomic E-state index is 13.5. The first kappa shape index (κ1) is 22.1. The smallest absolute Gasteiger partial charge is 0.427 e. The van der Waals surface area contributed by atoms with E-state index in [-0.39, 0.29) is 12.2 Å². The van der Waals surface area contributed by atoms with Gasteiger partial charge >= 0.3 is 12.1 Å². The van der Waals surface area contributed by atoms with Gasteiger partial charge in [0, 0.05) is 5.56 Å². The topological polar surface area (TPSA) is 59.4 Å². The van der Waals surface area contributed by atoms with Crippen LogP contribution in [0, 0.1) is 5.92 Å². The lowest BCUT2D eigenvalue weighted by Gasteiger charge is -2.14. The van der Waals surface area contributed by atoms with E-state index >= 15 is 0 Å². The van der Waals surface area contributed by atoms with E-state index in [1.165, 1.54) is 5.57 Å². The van der Waals surface area contributed by atoms with Gasteiger partial charge in [0.1, 0.15) is 17.2 Å². The van der Waals surface area contributed by atoms with Gasteiger partial charge in [0.2, 0.25) is 0 Å². The fourth-order valence-electron chi connectivity index (χ4n) is 3.18. The Hall–Kier alpha value is -2.61. The summed E-state index contributed by atoms with van der Waals surface area (Å²) in [7, 11) is 0. The van der Waals surface area contributed by atoms with Gasteiger partial charge in [-0.05, 0) is 61.0 Å². The van der Waals surface area contributed by atoms with E-state index in [0.717, 1.165) is 17.6 Å². The number of carbonyl (C=O) groups is 1. The van der Waals surface area contributed by atoms with Crippen molar-refractivity contribution >= 4 is 23.1 Å². The molecule has 0 fully saturated rings. The zero-order valence-corrected chi connectivity index (χ0v) is 17.4. The Bertz CT molecular complexity index is 975. The van der Waals surface area contributed by atoms with Gasteiger partial charge in [-0.2, -0.15) is 17.5 Å². The molecule has 0 saturated heterocycles. The van der Waals surface area contributed by atoms with Crippen molar-refractivity contribution in [1.29, 1.82) is 0 Å². The van der Waals surface area contributed by atoms with E-state index in [4.69, 9.17) is 9.84 Å². The quantitative estimate of drug-likeness (QED) is 0.566. The fraction of sp³-hybridized carbons (Fsp3) is 0.364. The number of aromatic nitrogens is 1. The van der Waals surface area contributed by atoms with Gasteiger partial charge in [0.15, 0.2) is 0 Å². The molecule has 0 bridgehead atoms. The van der Waals surface area contributed by atoms with E-state index in [1.807, 2.05) is 19.1 Å². The number of nitrogens with zero attached hydrogens (tertiary/aromatic N) is 1. The Labute approximate surface area is 176 Å². The van der Waals surface area contributed by atoms with Gasteiger partial charge in [-0.15, -0.1) is 0 Å². The zero-order valence-electron chi connectivity index (χ0n) is 16.6. The summed E-state index contributed by atoms with van der Waals surface area (Å²) in [5.74, 6) is -0.984. The van der Waals surface area contributed by atoms with Crippen molar-refractivity contribution in [2.24, 2.45) is 5.92 Å². The van der Waals surface area contributed by atoms with Crippen molar-refractivity contribution in [1.82, 2.24) is 4.37 Å². The molecule has 0 radical (unpaired) electrons. The highest BCUT2D eigenvalue weighted by Gasteiger charge is 2.38. The number of ether oxygens (including phenoxy) is 1. The van der Waals surface area contributed by atoms with Crippen LogP contribution in [-0.2, 0) is 24.0 Å². The van der Waals surface area contributed by atoms with Crippen LogP contribution in [0.4, 0.5) is 13.2 Å². The molecule has 4 nitrogen and oxygen atoms in total. The molecule has 160 valence electrons. The number of hydrogen-bond donors (Lipinski definition) is 1. The Kier molecular flexibility index (Phi) is 6.65. The molecule has 0 amide bonds. The first-order valence-electron chi connectivity index (χ1n) is 9.52. The average molecular weight is 437 g/mol. The van der Waals surface area contributed by atoms with Gasteiger partial charge < -0.3 is 9.84 Å². The van der Waals surface area contributed by atoms with Crippen molar-refractivity contribution < 1.29 is 27.8 Å². The number of rotatable bonds is 7. The van der Waals surface area contributed by atoms with Crippen LogP contribution in [0.5, 0.6) is 5.75 Å². The molecule has 1 N–H and O–H groups in total. The lowest BCUT2D eigenvalue weighted by atomic mass is 9.95. The first-order valence-corrected chi connectivity index (χ1v) is 10.3. The molecule has 0 saturated carbocycles. The second-order valence-corrected chi connectivity index (χ2v) is 8.19. The Balaban J connectivity index is 1.79. The zero-order chi connectivity index (χ0) is 21.9. The van der Waals surface area contributed by atoms with E-state index < -0.39 is 22.9 Å². The first-order chi connectivity index (χ1) is 14.1. The third-order valence-electron chi connectivity index (χ3n) is 4.98. The van der Waals surface area contributed by atoms with Gasteiger partial charge in [-0.1, -0.05) is 36.8 Å².